The summed E-state index contributed by atoms with van der Waals surface area (Å²) in [4.78, 5) is 28.4. The molecule has 7 nitrogen and oxygen atoms in total. The lowest BCUT2D eigenvalue weighted by Crippen LogP contribution is -2.51. The zero-order chi connectivity index (χ0) is 27.9. The summed E-state index contributed by atoms with van der Waals surface area (Å²) in [7, 11) is -4.14. The summed E-state index contributed by atoms with van der Waals surface area (Å²) < 4.78 is 28.7. The number of anilines is 1. The lowest BCUT2D eigenvalue weighted by atomic mass is 10.1. The third kappa shape index (κ3) is 7.14. The van der Waals surface area contributed by atoms with Gasteiger partial charge in [0.2, 0.25) is 11.8 Å². The normalized spacial score (nSPS) is 12.2. The Bertz CT molecular complexity index is 1350. The molecular weight excluding hydrogens is 522 g/mol. The zero-order valence-corrected chi connectivity index (χ0v) is 23.7. The van der Waals surface area contributed by atoms with Gasteiger partial charge in [0.05, 0.1) is 10.6 Å². The molecule has 1 atom stereocenters. The predicted octanol–water partition coefficient (Wildman–Crippen LogP) is 5.03. The van der Waals surface area contributed by atoms with Gasteiger partial charge in [-0.2, -0.15) is 0 Å². The van der Waals surface area contributed by atoms with E-state index in [0.29, 0.717) is 22.8 Å². The van der Waals surface area contributed by atoms with Crippen LogP contribution in [0.2, 0.25) is 5.02 Å². The number of benzene rings is 3. The lowest BCUT2D eigenvalue weighted by Gasteiger charge is -2.32. The molecule has 3 rings (SSSR count). The maximum absolute atomic E-state index is 13.9. The van der Waals surface area contributed by atoms with Crippen LogP contribution >= 0.6 is 11.6 Å². The molecule has 0 aliphatic carbocycles. The molecule has 0 bridgehead atoms. The van der Waals surface area contributed by atoms with Crippen molar-refractivity contribution in [3.63, 3.8) is 0 Å². The van der Waals surface area contributed by atoms with E-state index in [1.54, 1.807) is 50.2 Å². The van der Waals surface area contributed by atoms with Gasteiger partial charge in [0.15, 0.2) is 0 Å². The van der Waals surface area contributed by atoms with Gasteiger partial charge in [0.1, 0.15) is 12.6 Å². The van der Waals surface area contributed by atoms with Crippen LogP contribution in [-0.4, -0.2) is 44.3 Å². The molecule has 2 amide bonds. The number of hydrogen-bond acceptors (Lipinski definition) is 4. The van der Waals surface area contributed by atoms with Crippen molar-refractivity contribution < 1.29 is 18.0 Å². The lowest BCUT2D eigenvalue weighted by molar-refractivity contribution is -0.139. The van der Waals surface area contributed by atoms with Crippen LogP contribution < -0.4 is 9.62 Å². The largest absolute Gasteiger partial charge is 0.354 e. The van der Waals surface area contributed by atoms with Crippen LogP contribution in [-0.2, 0) is 26.2 Å². The van der Waals surface area contributed by atoms with E-state index < -0.39 is 28.5 Å². The minimum absolute atomic E-state index is 0.0458. The molecule has 0 aliphatic rings. The molecule has 0 saturated heterocycles. The van der Waals surface area contributed by atoms with E-state index in [2.05, 4.69) is 5.32 Å². The van der Waals surface area contributed by atoms with Crippen LogP contribution in [0.5, 0.6) is 0 Å². The number of carbonyl (C=O) groups is 2. The van der Waals surface area contributed by atoms with Gasteiger partial charge in [-0.1, -0.05) is 80.0 Å². The first-order valence-corrected chi connectivity index (χ1v) is 14.3. The van der Waals surface area contributed by atoms with Crippen LogP contribution in [0.4, 0.5) is 5.69 Å². The number of amides is 2. The highest BCUT2D eigenvalue weighted by Gasteiger charge is 2.33. The van der Waals surface area contributed by atoms with Gasteiger partial charge in [-0.05, 0) is 55.2 Å². The van der Waals surface area contributed by atoms with Crippen molar-refractivity contribution in [2.45, 2.75) is 45.2 Å². The summed E-state index contributed by atoms with van der Waals surface area (Å²) in [6.07, 6.45) is 0. The second-order valence-electron chi connectivity index (χ2n) is 9.53. The molecule has 0 saturated carbocycles. The molecule has 3 aromatic carbocycles. The Hall–Kier alpha value is -3.36. The van der Waals surface area contributed by atoms with Crippen molar-refractivity contribution in [2.75, 3.05) is 17.4 Å². The summed E-state index contributed by atoms with van der Waals surface area (Å²) in [5.41, 5.74) is 1.64. The molecule has 0 aliphatic heterocycles. The molecular formula is C29H34ClN3O4S. The fraction of sp³-hybridized carbons (Fsp3) is 0.310. The number of rotatable bonds is 11. The molecule has 0 heterocycles. The zero-order valence-electron chi connectivity index (χ0n) is 22.1. The summed E-state index contributed by atoms with van der Waals surface area (Å²) in [6.45, 7) is 7.43. The Balaban J connectivity index is 2.03. The van der Waals surface area contributed by atoms with E-state index in [1.165, 1.54) is 17.0 Å². The molecule has 38 heavy (non-hydrogen) atoms. The minimum Gasteiger partial charge on any atom is -0.354 e. The Labute approximate surface area is 230 Å². The van der Waals surface area contributed by atoms with Gasteiger partial charge >= 0.3 is 0 Å². The highest BCUT2D eigenvalue weighted by Crippen LogP contribution is 2.31. The standard InChI is InChI=1S/C29H34ClN3O4S/c1-21(2)18-31-29(35)23(4)32(19-24-12-7-5-8-13-24)28(34)20-33(27-17-11-16-26(30)22(27)3)38(36,37)25-14-9-6-10-15-25/h5-17,21,23H,18-20H2,1-4H3,(H,31,35)/t23-/m0/s1. The van der Waals surface area contributed by atoms with Crippen molar-refractivity contribution >= 4 is 39.1 Å². The Kier molecular flexibility index (Phi) is 9.94. The number of nitrogens with one attached hydrogen (secondary N) is 1. The molecule has 0 aromatic heterocycles. The SMILES string of the molecule is Cc1c(Cl)cccc1N(CC(=O)N(Cc1ccccc1)[C@@H](C)C(=O)NCC(C)C)S(=O)(=O)c1ccccc1. The van der Waals surface area contributed by atoms with E-state index in [1.807, 2.05) is 44.2 Å². The van der Waals surface area contributed by atoms with E-state index in [4.69, 9.17) is 11.6 Å². The van der Waals surface area contributed by atoms with Crippen LogP contribution in [0.15, 0.2) is 83.8 Å². The van der Waals surface area contributed by atoms with E-state index >= 15 is 0 Å². The number of sulfonamides is 1. The van der Waals surface area contributed by atoms with Gasteiger partial charge < -0.3 is 10.2 Å². The molecule has 0 fully saturated rings. The van der Waals surface area contributed by atoms with Gasteiger partial charge in [-0.3, -0.25) is 13.9 Å². The maximum Gasteiger partial charge on any atom is 0.264 e. The molecule has 9 heteroatoms. The number of nitrogens with zero attached hydrogens (tertiary/aromatic N) is 2. The summed E-state index contributed by atoms with van der Waals surface area (Å²) in [5.74, 6) is -0.582. The number of carbonyl (C=O) groups excluding carboxylic acids is 2. The second kappa shape index (κ2) is 12.9. The predicted molar refractivity (Wildman–Crippen MR) is 151 cm³/mol. The Morgan fingerprint density at radius 3 is 2.11 bits per heavy atom. The van der Waals surface area contributed by atoms with Crippen molar-refractivity contribution in [3.05, 3.63) is 95.0 Å². The number of hydrogen-bond donors (Lipinski definition) is 1. The van der Waals surface area contributed by atoms with Gasteiger partial charge in [0, 0.05) is 18.1 Å². The van der Waals surface area contributed by atoms with Crippen LogP contribution in [0, 0.1) is 12.8 Å². The third-order valence-electron chi connectivity index (χ3n) is 6.17. The van der Waals surface area contributed by atoms with Gasteiger partial charge in [-0.25, -0.2) is 8.42 Å². The molecule has 202 valence electrons. The van der Waals surface area contributed by atoms with Crippen LogP contribution in [0.3, 0.4) is 0 Å². The molecule has 3 aromatic rings. The van der Waals surface area contributed by atoms with E-state index in [9.17, 15) is 18.0 Å². The van der Waals surface area contributed by atoms with Crippen molar-refractivity contribution in [1.29, 1.82) is 0 Å². The highest BCUT2D eigenvalue weighted by atomic mass is 35.5. The fourth-order valence-electron chi connectivity index (χ4n) is 3.91. The van der Waals surface area contributed by atoms with Crippen molar-refractivity contribution in [1.82, 2.24) is 10.2 Å². The Morgan fingerprint density at radius 2 is 1.50 bits per heavy atom. The van der Waals surface area contributed by atoms with Crippen LogP contribution in [0.1, 0.15) is 31.9 Å². The van der Waals surface area contributed by atoms with E-state index in [-0.39, 0.29) is 23.3 Å². The molecule has 0 spiro atoms. The first-order valence-electron chi connectivity index (χ1n) is 12.5. The first-order chi connectivity index (χ1) is 18.0. The average molecular weight is 556 g/mol. The van der Waals surface area contributed by atoms with Gasteiger partial charge in [0.25, 0.3) is 10.0 Å². The van der Waals surface area contributed by atoms with Crippen LogP contribution in [0.25, 0.3) is 0 Å². The average Bonchev–Trinajstić information content (AvgIpc) is 2.91. The molecule has 0 radical (unpaired) electrons. The molecule has 1 N–H and O–H groups in total. The maximum atomic E-state index is 13.9. The number of halogens is 1. The van der Waals surface area contributed by atoms with Crippen molar-refractivity contribution in [3.8, 4) is 0 Å². The van der Waals surface area contributed by atoms with Crippen molar-refractivity contribution in [2.24, 2.45) is 5.92 Å². The Morgan fingerprint density at radius 1 is 0.895 bits per heavy atom. The third-order valence-corrected chi connectivity index (χ3v) is 8.35. The first kappa shape index (κ1) is 29.2. The fourth-order valence-corrected chi connectivity index (χ4v) is 5.58. The van der Waals surface area contributed by atoms with E-state index in [0.717, 1.165) is 9.87 Å². The topological polar surface area (TPSA) is 86.8 Å². The molecule has 0 unspecified atom stereocenters. The quantitative estimate of drug-likeness (QED) is 0.359. The monoisotopic (exact) mass is 555 g/mol. The summed E-state index contributed by atoms with van der Waals surface area (Å²) in [5, 5.41) is 3.26. The highest BCUT2D eigenvalue weighted by molar-refractivity contribution is 7.92. The van der Waals surface area contributed by atoms with Gasteiger partial charge in [-0.15, -0.1) is 0 Å². The summed E-state index contributed by atoms with van der Waals surface area (Å²) in [6, 6.07) is 21.3. The minimum atomic E-state index is -4.14. The smallest absolute Gasteiger partial charge is 0.264 e. The summed E-state index contributed by atoms with van der Waals surface area (Å²) >= 11 is 6.34. The second-order valence-corrected chi connectivity index (χ2v) is 11.8.